The van der Waals surface area contributed by atoms with E-state index in [4.69, 9.17) is 0 Å². The molecule has 1 fully saturated rings. The van der Waals surface area contributed by atoms with Crippen molar-refractivity contribution in [2.24, 2.45) is 0 Å². The number of hydrogen-bond donors (Lipinski definition) is 1. The summed E-state index contributed by atoms with van der Waals surface area (Å²) in [7, 11) is 0. The van der Waals surface area contributed by atoms with Crippen molar-refractivity contribution in [2.75, 3.05) is 26.2 Å². The SMILES string of the molecule is Cc1cc(C)c(CN2CCNCC2)cc1Br. The smallest absolute Gasteiger partial charge is 0.0237 e. The standard InChI is InChI=1S/C13H19BrN2/c1-10-7-11(2)13(14)8-12(10)9-16-5-3-15-4-6-16/h7-8,15H,3-6,9H2,1-2H3. The highest BCUT2D eigenvalue weighted by Gasteiger charge is 2.11. The van der Waals surface area contributed by atoms with E-state index in [9.17, 15) is 0 Å². The fourth-order valence-electron chi connectivity index (χ4n) is 2.15. The molecule has 16 heavy (non-hydrogen) atoms. The van der Waals surface area contributed by atoms with Crippen LogP contribution in [0.15, 0.2) is 16.6 Å². The molecule has 2 nitrogen and oxygen atoms in total. The predicted molar refractivity (Wildman–Crippen MR) is 71.8 cm³/mol. The largest absolute Gasteiger partial charge is 0.314 e. The molecule has 1 aliphatic heterocycles. The van der Waals surface area contributed by atoms with Crippen LogP contribution in [0.5, 0.6) is 0 Å². The highest BCUT2D eigenvalue weighted by Crippen LogP contribution is 2.22. The van der Waals surface area contributed by atoms with Gasteiger partial charge in [0.15, 0.2) is 0 Å². The summed E-state index contributed by atoms with van der Waals surface area (Å²) in [6, 6.07) is 4.54. The van der Waals surface area contributed by atoms with Crippen molar-refractivity contribution in [3.8, 4) is 0 Å². The van der Waals surface area contributed by atoms with Gasteiger partial charge in [-0.2, -0.15) is 0 Å². The molecule has 1 N–H and O–H groups in total. The molecule has 0 radical (unpaired) electrons. The molecular weight excluding hydrogens is 264 g/mol. The van der Waals surface area contributed by atoms with Crippen LogP contribution < -0.4 is 5.32 Å². The van der Waals surface area contributed by atoms with Crippen LogP contribution in [0.2, 0.25) is 0 Å². The third-order valence-electron chi connectivity index (χ3n) is 3.22. The lowest BCUT2D eigenvalue weighted by Gasteiger charge is -2.28. The van der Waals surface area contributed by atoms with Gasteiger partial charge in [0.1, 0.15) is 0 Å². The van der Waals surface area contributed by atoms with Crippen molar-refractivity contribution in [3.63, 3.8) is 0 Å². The van der Waals surface area contributed by atoms with Crippen LogP contribution in [0.4, 0.5) is 0 Å². The lowest BCUT2D eigenvalue weighted by molar-refractivity contribution is 0.233. The second-order valence-corrected chi connectivity index (χ2v) is 5.41. The van der Waals surface area contributed by atoms with E-state index in [2.05, 4.69) is 52.1 Å². The second-order valence-electron chi connectivity index (χ2n) is 4.55. The van der Waals surface area contributed by atoms with Crippen molar-refractivity contribution in [1.29, 1.82) is 0 Å². The number of rotatable bonds is 2. The summed E-state index contributed by atoms with van der Waals surface area (Å²) >= 11 is 3.61. The number of nitrogens with one attached hydrogen (secondary N) is 1. The van der Waals surface area contributed by atoms with Gasteiger partial charge in [-0.3, -0.25) is 4.90 Å². The minimum absolute atomic E-state index is 1.08. The average molecular weight is 283 g/mol. The Morgan fingerprint density at radius 1 is 1.19 bits per heavy atom. The minimum Gasteiger partial charge on any atom is -0.314 e. The molecule has 1 heterocycles. The van der Waals surface area contributed by atoms with Gasteiger partial charge < -0.3 is 5.32 Å². The first kappa shape index (κ1) is 12.1. The molecule has 1 saturated heterocycles. The van der Waals surface area contributed by atoms with Crippen molar-refractivity contribution < 1.29 is 0 Å². The molecule has 1 aromatic rings. The summed E-state index contributed by atoms with van der Waals surface area (Å²) in [5, 5.41) is 3.38. The molecule has 0 aromatic heterocycles. The van der Waals surface area contributed by atoms with Gasteiger partial charge in [0.05, 0.1) is 0 Å². The first-order valence-electron chi connectivity index (χ1n) is 5.85. The summed E-state index contributed by atoms with van der Waals surface area (Å²) in [5.41, 5.74) is 4.17. The fraction of sp³-hybridized carbons (Fsp3) is 0.538. The highest BCUT2D eigenvalue weighted by molar-refractivity contribution is 9.10. The van der Waals surface area contributed by atoms with E-state index in [1.807, 2.05) is 0 Å². The minimum atomic E-state index is 1.08. The molecule has 0 saturated carbocycles. The Kier molecular flexibility index (Phi) is 4.00. The van der Waals surface area contributed by atoms with Crippen molar-refractivity contribution in [3.05, 3.63) is 33.3 Å². The average Bonchev–Trinajstić information content (AvgIpc) is 2.27. The maximum atomic E-state index is 3.61. The number of piperazine rings is 1. The van der Waals surface area contributed by atoms with Crippen molar-refractivity contribution in [1.82, 2.24) is 10.2 Å². The highest BCUT2D eigenvalue weighted by atomic mass is 79.9. The molecule has 88 valence electrons. The molecule has 0 aliphatic carbocycles. The zero-order valence-electron chi connectivity index (χ0n) is 10.0. The van der Waals surface area contributed by atoms with Crippen molar-refractivity contribution >= 4 is 15.9 Å². The van der Waals surface area contributed by atoms with Gasteiger partial charge in [0, 0.05) is 37.2 Å². The Morgan fingerprint density at radius 3 is 2.56 bits per heavy atom. The predicted octanol–water partition coefficient (Wildman–Crippen LogP) is 2.47. The molecule has 3 heteroatoms. The van der Waals surface area contributed by atoms with Crippen LogP contribution >= 0.6 is 15.9 Å². The maximum Gasteiger partial charge on any atom is 0.0237 e. The number of nitrogens with zero attached hydrogens (tertiary/aromatic N) is 1. The summed E-state index contributed by atoms with van der Waals surface area (Å²) < 4.78 is 1.23. The summed E-state index contributed by atoms with van der Waals surface area (Å²) in [6.07, 6.45) is 0. The Bertz CT molecular complexity index is 370. The van der Waals surface area contributed by atoms with Crippen LogP contribution in [0.25, 0.3) is 0 Å². The normalized spacial score (nSPS) is 17.7. The number of benzene rings is 1. The van der Waals surface area contributed by atoms with E-state index in [1.165, 1.54) is 21.2 Å². The Labute approximate surface area is 106 Å². The zero-order valence-corrected chi connectivity index (χ0v) is 11.6. The van der Waals surface area contributed by atoms with Crippen LogP contribution in [0.3, 0.4) is 0 Å². The number of hydrogen-bond acceptors (Lipinski definition) is 2. The Morgan fingerprint density at radius 2 is 1.88 bits per heavy atom. The molecule has 0 spiro atoms. The first-order chi connectivity index (χ1) is 7.66. The van der Waals surface area contributed by atoms with Crippen molar-refractivity contribution in [2.45, 2.75) is 20.4 Å². The van der Waals surface area contributed by atoms with Gasteiger partial charge in [-0.05, 0) is 36.6 Å². The van der Waals surface area contributed by atoms with E-state index in [1.54, 1.807) is 0 Å². The van der Waals surface area contributed by atoms with Gasteiger partial charge in [-0.15, -0.1) is 0 Å². The molecule has 0 atom stereocenters. The summed E-state index contributed by atoms with van der Waals surface area (Å²) in [6.45, 7) is 9.98. The second kappa shape index (κ2) is 5.30. The monoisotopic (exact) mass is 282 g/mol. The van der Waals surface area contributed by atoms with Crippen LogP contribution in [-0.4, -0.2) is 31.1 Å². The zero-order chi connectivity index (χ0) is 11.5. The van der Waals surface area contributed by atoms with Crippen LogP contribution in [0.1, 0.15) is 16.7 Å². The van der Waals surface area contributed by atoms with Gasteiger partial charge in [0.2, 0.25) is 0 Å². The quantitative estimate of drug-likeness (QED) is 0.897. The lowest BCUT2D eigenvalue weighted by Crippen LogP contribution is -2.43. The maximum absolute atomic E-state index is 3.61. The Hall–Kier alpha value is -0.380. The third kappa shape index (κ3) is 2.84. The molecule has 0 amide bonds. The lowest BCUT2D eigenvalue weighted by atomic mass is 10.1. The molecule has 0 unspecified atom stereocenters. The van der Waals surface area contributed by atoms with Gasteiger partial charge in [-0.25, -0.2) is 0 Å². The number of halogens is 1. The number of aryl methyl sites for hydroxylation is 2. The first-order valence-corrected chi connectivity index (χ1v) is 6.65. The molecule has 0 bridgehead atoms. The van der Waals surface area contributed by atoms with Gasteiger partial charge in [-0.1, -0.05) is 22.0 Å². The summed E-state index contributed by atoms with van der Waals surface area (Å²) in [5.74, 6) is 0. The van der Waals surface area contributed by atoms with E-state index in [0.717, 1.165) is 32.7 Å². The molecule has 1 aliphatic rings. The van der Waals surface area contributed by atoms with E-state index >= 15 is 0 Å². The summed E-state index contributed by atoms with van der Waals surface area (Å²) in [4.78, 5) is 2.51. The topological polar surface area (TPSA) is 15.3 Å². The third-order valence-corrected chi connectivity index (χ3v) is 4.08. The van der Waals surface area contributed by atoms with E-state index < -0.39 is 0 Å². The van der Waals surface area contributed by atoms with Crippen LogP contribution in [-0.2, 0) is 6.54 Å². The fourth-order valence-corrected chi connectivity index (χ4v) is 2.54. The molecule has 2 rings (SSSR count). The van der Waals surface area contributed by atoms with E-state index in [0.29, 0.717) is 0 Å². The van der Waals surface area contributed by atoms with Gasteiger partial charge in [0.25, 0.3) is 0 Å². The van der Waals surface area contributed by atoms with E-state index in [-0.39, 0.29) is 0 Å². The molecular formula is C13H19BrN2. The van der Waals surface area contributed by atoms with Gasteiger partial charge >= 0.3 is 0 Å². The molecule has 1 aromatic carbocycles. The van der Waals surface area contributed by atoms with Crippen LogP contribution in [0, 0.1) is 13.8 Å². The Balaban J connectivity index is 2.11.